The number of carbonyl (C=O) groups is 1. The van der Waals surface area contributed by atoms with E-state index in [0.29, 0.717) is 28.1 Å². The zero-order valence-corrected chi connectivity index (χ0v) is 14.3. The van der Waals surface area contributed by atoms with Crippen LogP contribution in [0.15, 0.2) is 65.4 Å². The summed E-state index contributed by atoms with van der Waals surface area (Å²) < 4.78 is 10.6. The van der Waals surface area contributed by atoms with Gasteiger partial charge in [-0.05, 0) is 42.5 Å². The topological polar surface area (TPSA) is 96.6 Å². The molecule has 2 heterocycles. The first-order valence-corrected chi connectivity index (χ1v) is 8.14. The number of anilines is 1. The number of aliphatic hydroxyl groups is 1. The monoisotopic (exact) mass is 373 g/mol. The highest BCUT2D eigenvalue weighted by atomic mass is 35.5. The number of hydrogen-bond donors (Lipinski definition) is 3. The van der Waals surface area contributed by atoms with E-state index in [1.54, 1.807) is 48.5 Å². The number of halogens is 1. The normalized spacial score (nSPS) is 11.6. The van der Waals surface area contributed by atoms with E-state index in [1.807, 2.05) is 0 Å². The van der Waals surface area contributed by atoms with Gasteiger partial charge in [-0.1, -0.05) is 11.6 Å². The fourth-order valence-electron chi connectivity index (χ4n) is 2.08. The number of benzene rings is 1. The first-order valence-electron chi connectivity index (χ1n) is 7.76. The van der Waals surface area contributed by atoms with Crippen molar-refractivity contribution in [2.75, 3.05) is 11.9 Å². The van der Waals surface area contributed by atoms with Crippen molar-refractivity contribution in [3.63, 3.8) is 0 Å². The number of nitrogens with one attached hydrogen (secondary N) is 2. The first-order chi connectivity index (χ1) is 12.6. The minimum Gasteiger partial charge on any atom is -0.467 e. The summed E-state index contributed by atoms with van der Waals surface area (Å²) in [5.41, 5.74) is 0.485. The number of aromatic nitrogens is 1. The molecule has 0 aliphatic carbocycles. The van der Waals surface area contributed by atoms with E-state index in [4.69, 9.17) is 20.8 Å². The molecule has 3 N–H and O–H groups in total. The third kappa shape index (κ3) is 4.98. The van der Waals surface area contributed by atoms with Gasteiger partial charge in [-0.3, -0.25) is 0 Å². The number of furan rings is 1. The second-order valence-corrected chi connectivity index (χ2v) is 5.74. The van der Waals surface area contributed by atoms with E-state index in [-0.39, 0.29) is 6.54 Å². The van der Waals surface area contributed by atoms with Crippen LogP contribution in [0.25, 0.3) is 0 Å². The molecule has 7 nitrogen and oxygen atoms in total. The molecule has 0 aliphatic rings. The SMILES string of the molecule is O=C(NCC(O)c1ccco1)Nc1ccc(Oc2ccc(Cl)cc2)nc1. The molecule has 0 aliphatic heterocycles. The fraction of sp³-hybridized carbons (Fsp3) is 0.111. The molecule has 0 fully saturated rings. The zero-order valence-electron chi connectivity index (χ0n) is 13.6. The molecule has 3 rings (SSSR count). The van der Waals surface area contributed by atoms with Crippen LogP contribution in [0, 0.1) is 0 Å². The number of ether oxygens (including phenoxy) is 1. The molecule has 0 saturated heterocycles. The number of amides is 2. The van der Waals surface area contributed by atoms with Gasteiger partial charge in [0.2, 0.25) is 5.88 Å². The van der Waals surface area contributed by atoms with Crippen molar-refractivity contribution in [1.29, 1.82) is 0 Å². The zero-order chi connectivity index (χ0) is 18.4. The third-order valence-corrected chi connectivity index (χ3v) is 3.61. The van der Waals surface area contributed by atoms with Crippen molar-refractivity contribution < 1.29 is 19.1 Å². The predicted octanol–water partition coefficient (Wildman–Crippen LogP) is 3.98. The van der Waals surface area contributed by atoms with Gasteiger partial charge >= 0.3 is 6.03 Å². The second kappa shape index (κ2) is 8.37. The second-order valence-electron chi connectivity index (χ2n) is 5.31. The van der Waals surface area contributed by atoms with Gasteiger partial charge in [0.1, 0.15) is 17.6 Å². The molecule has 1 atom stereocenters. The largest absolute Gasteiger partial charge is 0.467 e. The van der Waals surface area contributed by atoms with Crippen molar-refractivity contribution >= 4 is 23.3 Å². The van der Waals surface area contributed by atoms with Gasteiger partial charge in [-0.25, -0.2) is 9.78 Å². The Morgan fingerprint density at radius 3 is 2.69 bits per heavy atom. The van der Waals surface area contributed by atoms with E-state index in [0.717, 1.165) is 0 Å². The Labute approximate surface area is 154 Å². The van der Waals surface area contributed by atoms with Crippen LogP contribution in [-0.2, 0) is 0 Å². The van der Waals surface area contributed by atoms with Crippen LogP contribution in [0.4, 0.5) is 10.5 Å². The van der Waals surface area contributed by atoms with Crippen LogP contribution in [0.2, 0.25) is 5.02 Å². The van der Waals surface area contributed by atoms with Crippen LogP contribution in [0.3, 0.4) is 0 Å². The number of aliphatic hydroxyl groups excluding tert-OH is 1. The lowest BCUT2D eigenvalue weighted by Crippen LogP contribution is -2.32. The van der Waals surface area contributed by atoms with Gasteiger partial charge in [-0.15, -0.1) is 0 Å². The highest BCUT2D eigenvalue weighted by Crippen LogP contribution is 2.22. The number of rotatable bonds is 6. The lowest BCUT2D eigenvalue weighted by atomic mass is 10.3. The number of pyridine rings is 1. The maximum absolute atomic E-state index is 11.9. The molecule has 134 valence electrons. The molecular weight excluding hydrogens is 358 g/mol. The predicted molar refractivity (Wildman–Crippen MR) is 96.5 cm³/mol. The Hall–Kier alpha value is -3.03. The van der Waals surface area contributed by atoms with Crippen LogP contribution >= 0.6 is 11.6 Å². The Kier molecular flexibility index (Phi) is 5.73. The summed E-state index contributed by atoms with van der Waals surface area (Å²) in [6.07, 6.45) is 2.01. The number of nitrogens with zero attached hydrogens (tertiary/aromatic N) is 1. The molecule has 0 radical (unpaired) electrons. The van der Waals surface area contributed by atoms with Crippen molar-refractivity contribution in [3.8, 4) is 11.6 Å². The highest BCUT2D eigenvalue weighted by Gasteiger charge is 2.12. The first kappa shape index (κ1) is 17.8. The maximum Gasteiger partial charge on any atom is 0.319 e. The molecule has 0 saturated carbocycles. The maximum atomic E-state index is 11.9. The van der Waals surface area contributed by atoms with Crippen LogP contribution in [0.1, 0.15) is 11.9 Å². The molecule has 2 aromatic heterocycles. The summed E-state index contributed by atoms with van der Waals surface area (Å²) in [6, 6.07) is 13.0. The summed E-state index contributed by atoms with van der Waals surface area (Å²) in [5.74, 6) is 1.37. The summed E-state index contributed by atoms with van der Waals surface area (Å²) in [4.78, 5) is 16.0. The molecule has 26 heavy (non-hydrogen) atoms. The van der Waals surface area contributed by atoms with Crippen molar-refractivity contribution in [2.45, 2.75) is 6.10 Å². The van der Waals surface area contributed by atoms with E-state index in [9.17, 15) is 9.90 Å². The van der Waals surface area contributed by atoms with E-state index < -0.39 is 12.1 Å². The average Bonchev–Trinajstić information content (AvgIpc) is 3.18. The van der Waals surface area contributed by atoms with Gasteiger partial charge in [0.05, 0.1) is 24.7 Å². The summed E-state index contributed by atoms with van der Waals surface area (Å²) in [6.45, 7) is 0.0184. The molecule has 1 unspecified atom stereocenters. The van der Waals surface area contributed by atoms with Crippen molar-refractivity contribution in [3.05, 3.63) is 71.8 Å². The third-order valence-electron chi connectivity index (χ3n) is 3.36. The molecule has 0 spiro atoms. The number of carbonyl (C=O) groups excluding carboxylic acids is 1. The Balaban J connectivity index is 1.49. The molecule has 2 amide bonds. The molecule has 0 bridgehead atoms. The lowest BCUT2D eigenvalue weighted by molar-refractivity contribution is 0.149. The quantitative estimate of drug-likeness (QED) is 0.607. The number of urea groups is 1. The van der Waals surface area contributed by atoms with Gasteiger partial charge in [0.25, 0.3) is 0 Å². The summed E-state index contributed by atoms with van der Waals surface area (Å²) in [5, 5.41) is 15.6. The molecule has 3 aromatic rings. The van der Waals surface area contributed by atoms with Crippen LogP contribution in [0.5, 0.6) is 11.6 Å². The highest BCUT2D eigenvalue weighted by molar-refractivity contribution is 6.30. The Morgan fingerprint density at radius 1 is 1.23 bits per heavy atom. The van der Waals surface area contributed by atoms with E-state index in [1.165, 1.54) is 12.5 Å². The summed E-state index contributed by atoms with van der Waals surface area (Å²) in [7, 11) is 0. The van der Waals surface area contributed by atoms with Gasteiger partial charge in [0, 0.05) is 11.1 Å². The lowest BCUT2D eigenvalue weighted by Gasteiger charge is -2.11. The minimum absolute atomic E-state index is 0.0184. The van der Waals surface area contributed by atoms with Crippen molar-refractivity contribution in [2.24, 2.45) is 0 Å². The molecule has 8 heteroatoms. The van der Waals surface area contributed by atoms with Crippen molar-refractivity contribution in [1.82, 2.24) is 10.3 Å². The average molecular weight is 374 g/mol. The standard InChI is InChI=1S/C18H16ClN3O4/c19-12-3-6-14(7-4-12)26-17-8-5-13(10-20-17)22-18(24)21-11-15(23)16-2-1-9-25-16/h1-10,15,23H,11H2,(H2,21,22,24). The van der Waals surface area contributed by atoms with Gasteiger partial charge < -0.3 is 24.9 Å². The van der Waals surface area contributed by atoms with Crippen LogP contribution in [-0.4, -0.2) is 22.7 Å². The Bertz CT molecular complexity index is 836. The Morgan fingerprint density at radius 2 is 2.04 bits per heavy atom. The molecular formula is C18H16ClN3O4. The minimum atomic E-state index is -0.913. The smallest absolute Gasteiger partial charge is 0.319 e. The van der Waals surface area contributed by atoms with E-state index >= 15 is 0 Å². The number of hydrogen-bond acceptors (Lipinski definition) is 5. The van der Waals surface area contributed by atoms with Gasteiger partial charge in [0.15, 0.2) is 0 Å². The van der Waals surface area contributed by atoms with Gasteiger partial charge in [-0.2, -0.15) is 0 Å². The van der Waals surface area contributed by atoms with E-state index in [2.05, 4.69) is 15.6 Å². The fourth-order valence-corrected chi connectivity index (χ4v) is 2.21. The molecule has 1 aromatic carbocycles. The van der Waals surface area contributed by atoms with Crippen LogP contribution < -0.4 is 15.4 Å². The summed E-state index contributed by atoms with van der Waals surface area (Å²) >= 11 is 5.82.